The van der Waals surface area contributed by atoms with E-state index in [1.165, 1.54) is 0 Å². The zero-order valence-electron chi connectivity index (χ0n) is 11.3. The van der Waals surface area contributed by atoms with Crippen molar-refractivity contribution < 1.29 is 13.2 Å². The molecule has 18 heavy (non-hydrogen) atoms. The molecule has 0 aliphatic carbocycles. The molecule has 2 saturated heterocycles. The van der Waals surface area contributed by atoms with Crippen LogP contribution < -0.4 is 5.32 Å². The van der Waals surface area contributed by atoms with Crippen molar-refractivity contribution in [3.8, 4) is 0 Å². The van der Waals surface area contributed by atoms with E-state index in [0.717, 1.165) is 6.54 Å². The van der Waals surface area contributed by atoms with Gasteiger partial charge in [0.05, 0.1) is 12.2 Å². The van der Waals surface area contributed by atoms with E-state index in [1.54, 1.807) is 8.61 Å². The summed E-state index contributed by atoms with van der Waals surface area (Å²) in [5, 5.41) is 3.21. The van der Waals surface area contributed by atoms with Gasteiger partial charge in [0, 0.05) is 38.8 Å². The van der Waals surface area contributed by atoms with Crippen LogP contribution in [-0.4, -0.2) is 68.0 Å². The van der Waals surface area contributed by atoms with Crippen LogP contribution in [0.5, 0.6) is 0 Å². The van der Waals surface area contributed by atoms with Crippen LogP contribution >= 0.6 is 0 Å². The van der Waals surface area contributed by atoms with E-state index in [4.69, 9.17) is 4.74 Å². The summed E-state index contributed by atoms with van der Waals surface area (Å²) in [7, 11) is -3.35. The zero-order chi connectivity index (χ0) is 13.3. The van der Waals surface area contributed by atoms with Crippen molar-refractivity contribution in [3.63, 3.8) is 0 Å². The van der Waals surface area contributed by atoms with Gasteiger partial charge in [-0.15, -0.1) is 0 Å². The van der Waals surface area contributed by atoms with Crippen LogP contribution in [0.2, 0.25) is 0 Å². The molecule has 2 heterocycles. The van der Waals surface area contributed by atoms with Crippen LogP contribution in [0.25, 0.3) is 0 Å². The Hall–Kier alpha value is -0.210. The first-order valence-corrected chi connectivity index (χ1v) is 7.94. The molecule has 2 aliphatic heterocycles. The van der Waals surface area contributed by atoms with Crippen molar-refractivity contribution in [2.45, 2.75) is 39.0 Å². The van der Waals surface area contributed by atoms with Gasteiger partial charge in [-0.3, -0.25) is 0 Å². The molecule has 6 nitrogen and oxygen atoms in total. The molecule has 106 valence electrons. The zero-order valence-corrected chi connectivity index (χ0v) is 12.1. The fourth-order valence-electron chi connectivity index (χ4n) is 2.63. The molecular weight excluding hydrogens is 254 g/mol. The number of ether oxygens (including phenoxy) is 1. The van der Waals surface area contributed by atoms with Crippen molar-refractivity contribution in [2.24, 2.45) is 0 Å². The fourth-order valence-corrected chi connectivity index (χ4v) is 4.58. The van der Waals surface area contributed by atoms with Gasteiger partial charge in [-0.1, -0.05) is 0 Å². The Morgan fingerprint density at radius 3 is 2.33 bits per heavy atom. The highest BCUT2D eigenvalue weighted by atomic mass is 32.2. The maximum atomic E-state index is 12.6. The number of hydrogen-bond acceptors (Lipinski definition) is 4. The summed E-state index contributed by atoms with van der Waals surface area (Å²) in [4.78, 5) is 0. The molecule has 7 heteroatoms. The van der Waals surface area contributed by atoms with Gasteiger partial charge in [0.1, 0.15) is 0 Å². The monoisotopic (exact) mass is 277 g/mol. The van der Waals surface area contributed by atoms with Gasteiger partial charge >= 0.3 is 0 Å². The number of morpholine rings is 1. The van der Waals surface area contributed by atoms with Crippen molar-refractivity contribution in [1.29, 1.82) is 0 Å². The fraction of sp³-hybridized carbons (Fsp3) is 1.00. The normalized spacial score (nSPS) is 36.7. The SMILES string of the molecule is CC1CN(S(=O)(=O)N2CCNC[C@H]2C)CC(C)O1. The molecule has 0 aromatic carbocycles. The number of piperazine rings is 1. The van der Waals surface area contributed by atoms with Crippen molar-refractivity contribution in [1.82, 2.24) is 13.9 Å². The topological polar surface area (TPSA) is 61.9 Å². The Kier molecular flexibility index (Phi) is 4.28. The lowest BCUT2D eigenvalue weighted by Gasteiger charge is -2.40. The second-order valence-corrected chi connectivity index (χ2v) is 7.13. The number of nitrogens with zero attached hydrogens (tertiary/aromatic N) is 2. The molecule has 0 saturated carbocycles. The Bertz CT molecular complexity index is 377. The summed E-state index contributed by atoms with van der Waals surface area (Å²) >= 11 is 0. The van der Waals surface area contributed by atoms with E-state index in [9.17, 15) is 8.42 Å². The Morgan fingerprint density at radius 2 is 1.78 bits per heavy atom. The Morgan fingerprint density at radius 1 is 1.17 bits per heavy atom. The second kappa shape index (κ2) is 5.42. The van der Waals surface area contributed by atoms with E-state index in [0.29, 0.717) is 26.2 Å². The highest BCUT2D eigenvalue weighted by Gasteiger charge is 2.38. The molecule has 0 aromatic heterocycles. The summed E-state index contributed by atoms with van der Waals surface area (Å²) in [5.74, 6) is 0. The third-order valence-electron chi connectivity index (χ3n) is 3.45. The highest BCUT2D eigenvalue weighted by Crippen LogP contribution is 2.19. The van der Waals surface area contributed by atoms with E-state index in [-0.39, 0.29) is 18.2 Å². The molecule has 3 atom stereocenters. The summed E-state index contributed by atoms with van der Waals surface area (Å²) in [6, 6.07) is 0.0113. The van der Waals surface area contributed by atoms with Gasteiger partial charge in [0.2, 0.25) is 0 Å². The molecule has 0 spiro atoms. The summed E-state index contributed by atoms with van der Waals surface area (Å²) in [6.45, 7) is 8.65. The molecule has 0 radical (unpaired) electrons. The van der Waals surface area contributed by atoms with E-state index < -0.39 is 10.2 Å². The summed E-state index contributed by atoms with van der Waals surface area (Å²) in [6.07, 6.45) is -0.0801. The minimum atomic E-state index is -3.35. The minimum absolute atomic E-state index is 0.0113. The van der Waals surface area contributed by atoms with Gasteiger partial charge in [-0.2, -0.15) is 17.0 Å². The van der Waals surface area contributed by atoms with Crippen LogP contribution in [0.15, 0.2) is 0 Å². The standard InChI is InChI=1S/C11H23N3O3S/c1-9-6-12-4-5-14(9)18(15,16)13-7-10(2)17-11(3)8-13/h9-12H,4-8H2,1-3H3/t9-,10?,11?/m1/s1. The van der Waals surface area contributed by atoms with Crippen LogP contribution in [0.3, 0.4) is 0 Å². The van der Waals surface area contributed by atoms with Gasteiger partial charge < -0.3 is 10.1 Å². The molecule has 0 amide bonds. The van der Waals surface area contributed by atoms with Crippen LogP contribution in [-0.2, 0) is 14.9 Å². The number of hydrogen-bond donors (Lipinski definition) is 1. The minimum Gasteiger partial charge on any atom is -0.373 e. The predicted octanol–water partition coefficient (Wildman–Crippen LogP) is -0.366. The van der Waals surface area contributed by atoms with Crippen LogP contribution in [0, 0.1) is 0 Å². The van der Waals surface area contributed by atoms with Gasteiger partial charge in [-0.25, -0.2) is 0 Å². The van der Waals surface area contributed by atoms with Gasteiger partial charge in [-0.05, 0) is 20.8 Å². The molecular formula is C11H23N3O3S. The van der Waals surface area contributed by atoms with Crippen LogP contribution in [0.4, 0.5) is 0 Å². The second-order valence-electron chi connectivity index (χ2n) is 5.25. The molecule has 0 bridgehead atoms. The first-order chi connectivity index (χ1) is 8.41. The van der Waals surface area contributed by atoms with E-state index in [1.807, 2.05) is 20.8 Å². The van der Waals surface area contributed by atoms with E-state index in [2.05, 4.69) is 5.32 Å². The van der Waals surface area contributed by atoms with Crippen LogP contribution in [0.1, 0.15) is 20.8 Å². The van der Waals surface area contributed by atoms with Gasteiger partial charge in [0.15, 0.2) is 0 Å². The average molecular weight is 277 g/mol. The van der Waals surface area contributed by atoms with Gasteiger partial charge in [0.25, 0.3) is 10.2 Å². The maximum Gasteiger partial charge on any atom is 0.282 e. The third kappa shape index (κ3) is 2.85. The van der Waals surface area contributed by atoms with Crippen molar-refractivity contribution in [2.75, 3.05) is 32.7 Å². The third-order valence-corrected chi connectivity index (χ3v) is 5.53. The quantitative estimate of drug-likeness (QED) is 0.748. The van der Waals surface area contributed by atoms with E-state index >= 15 is 0 Å². The maximum absolute atomic E-state index is 12.6. The molecule has 1 N–H and O–H groups in total. The Balaban J connectivity index is 2.14. The summed E-state index contributed by atoms with van der Waals surface area (Å²) < 4.78 is 34.0. The molecule has 2 rings (SSSR count). The lowest BCUT2D eigenvalue weighted by atomic mass is 10.3. The lowest BCUT2D eigenvalue weighted by Crippen LogP contribution is -2.59. The number of rotatable bonds is 2. The lowest BCUT2D eigenvalue weighted by molar-refractivity contribution is -0.0458. The number of nitrogens with one attached hydrogen (secondary N) is 1. The first-order valence-electron chi connectivity index (χ1n) is 6.54. The average Bonchev–Trinajstić information content (AvgIpc) is 2.28. The largest absolute Gasteiger partial charge is 0.373 e. The summed E-state index contributed by atoms with van der Waals surface area (Å²) in [5.41, 5.74) is 0. The smallest absolute Gasteiger partial charge is 0.282 e. The Labute approximate surface area is 109 Å². The molecule has 2 fully saturated rings. The van der Waals surface area contributed by atoms with Crippen molar-refractivity contribution >= 4 is 10.2 Å². The first kappa shape index (κ1) is 14.2. The molecule has 0 aromatic rings. The molecule has 2 unspecified atom stereocenters. The molecule has 2 aliphatic rings. The van der Waals surface area contributed by atoms with Crippen molar-refractivity contribution in [3.05, 3.63) is 0 Å². The predicted molar refractivity (Wildman–Crippen MR) is 69.5 cm³/mol. The highest BCUT2D eigenvalue weighted by molar-refractivity contribution is 7.86.